The smallest absolute Gasteiger partial charge is 0.416 e. The minimum Gasteiger partial charge on any atom is -0.497 e. The Morgan fingerprint density at radius 1 is 0.902 bits per heavy atom. The number of methoxy groups -OCH3 is 2. The van der Waals surface area contributed by atoms with Crippen LogP contribution in [0.2, 0.25) is 0 Å². The molecular weight excluding hydrogens is 565 g/mol. The van der Waals surface area contributed by atoms with Gasteiger partial charge < -0.3 is 28.3 Å². The average Bonchev–Trinajstić information content (AvgIpc) is 3.46. The van der Waals surface area contributed by atoms with Crippen LogP contribution in [-0.4, -0.2) is 33.6 Å². The number of benzene rings is 3. The Morgan fingerprint density at radius 2 is 1.63 bits per heavy atom. The molecule has 0 fully saturated rings. The number of alkyl halides is 3. The van der Waals surface area contributed by atoms with E-state index in [4.69, 9.17) is 18.1 Å². The fraction of sp³-hybridized carbons (Fsp3) is 0.179. The number of carbonyl (C=O) groups is 1. The third-order valence-corrected chi connectivity index (χ3v) is 7.06. The Bertz CT molecular complexity index is 1590. The molecule has 0 spiro atoms. The molecule has 1 heterocycles. The minimum absolute atomic E-state index is 0.0889. The number of carbonyl (C=O) groups excluding carboxylic acids is 1. The van der Waals surface area contributed by atoms with Crippen molar-refractivity contribution in [3.63, 3.8) is 0 Å². The van der Waals surface area contributed by atoms with Crippen LogP contribution in [0, 0.1) is 0 Å². The van der Waals surface area contributed by atoms with Gasteiger partial charge in [-0.15, -0.1) is 0 Å². The number of hydrogen-bond acceptors (Lipinski definition) is 7. The zero-order chi connectivity index (χ0) is 29.6. The highest BCUT2D eigenvalue weighted by Crippen LogP contribution is 2.32. The van der Waals surface area contributed by atoms with Crippen LogP contribution in [0.1, 0.15) is 16.9 Å². The average molecular weight is 591 g/mol. The Hall–Kier alpha value is -4.65. The Balaban J connectivity index is 1.50. The molecule has 41 heavy (non-hydrogen) atoms. The molecule has 0 saturated heterocycles. The Labute approximate surface area is 234 Å². The first-order chi connectivity index (χ1) is 19.5. The van der Waals surface area contributed by atoms with Gasteiger partial charge in [0.15, 0.2) is 0 Å². The summed E-state index contributed by atoms with van der Waals surface area (Å²) in [4.78, 5) is 14.1. The number of rotatable bonds is 10. The summed E-state index contributed by atoms with van der Waals surface area (Å²) in [5, 5.41) is 2.80. The van der Waals surface area contributed by atoms with Crippen molar-refractivity contribution in [1.29, 1.82) is 0 Å². The summed E-state index contributed by atoms with van der Waals surface area (Å²) in [6.45, 7) is 0.200. The van der Waals surface area contributed by atoms with Gasteiger partial charge in [-0.05, 0) is 60.2 Å². The van der Waals surface area contributed by atoms with E-state index >= 15 is 0 Å². The van der Waals surface area contributed by atoms with Crippen LogP contribution in [0.3, 0.4) is 0 Å². The fourth-order valence-electron chi connectivity index (χ4n) is 3.76. The summed E-state index contributed by atoms with van der Waals surface area (Å²) >= 11 is 0. The lowest BCUT2D eigenvalue weighted by molar-refractivity contribution is -0.137. The maximum Gasteiger partial charge on any atom is 0.416 e. The van der Waals surface area contributed by atoms with E-state index in [0.717, 1.165) is 18.2 Å². The number of amides is 2. The molecule has 0 saturated carbocycles. The number of nitrogens with one attached hydrogen (secondary N) is 1. The molecule has 1 N–H and O–H groups in total. The number of anilines is 1. The minimum atomic E-state index is -4.71. The third-order valence-electron chi connectivity index (χ3n) is 5.82. The van der Waals surface area contributed by atoms with Gasteiger partial charge in [-0.25, -0.2) is 4.79 Å². The Morgan fingerprint density at radius 3 is 2.27 bits per heavy atom. The SMILES string of the molecule is COc1ccc(NC(=O)N(Cc2ccc(OS(=O)(=O)c3cccc(C(F)(F)F)c3)cc2)Cc2ccco2)c(OC)c1. The maximum absolute atomic E-state index is 13.3. The molecule has 1 aromatic heterocycles. The van der Waals surface area contributed by atoms with E-state index in [2.05, 4.69) is 5.32 Å². The number of hydrogen-bond donors (Lipinski definition) is 1. The molecule has 0 atom stereocenters. The van der Waals surface area contributed by atoms with Gasteiger partial charge in [0.2, 0.25) is 0 Å². The topological polar surface area (TPSA) is 107 Å². The number of ether oxygens (including phenoxy) is 2. The molecular formula is C28H25F3N2O7S. The second-order valence-electron chi connectivity index (χ2n) is 8.64. The van der Waals surface area contributed by atoms with Gasteiger partial charge in [-0.2, -0.15) is 21.6 Å². The largest absolute Gasteiger partial charge is 0.497 e. The molecule has 0 bridgehead atoms. The van der Waals surface area contributed by atoms with E-state index in [1.165, 1.54) is 49.6 Å². The molecule has 3 aromatic carbocycles. The van der Waals surface area contributed by atoms with Crippen LogP contribution in [0.4, 0.5) is 23.7 Å². The quantitative estimate of drug-likeness (QED) is 0.216. The number of nitrogens with zero attached hydrogens (tertiary/aromatic N) is 1. The van der Waals surface area contributed by atoms with Crippen molar-refractivity contribution in [3.05, 3.63) is 102 Å². The first-order valence-corrected chi connectivity index (χ1v) is 13.4. The third kappa shape index (κ3) is 7.51. The molecule has 9 nitrogen and oxygen atoms in total. The number of urea groups is 1. The van der Waals surface area contributed by atoms with Gasteiger partial charge in [-0.3, -0.25) is 0 Å². The maximum atomic E-state index is 13.3. The van der Waals surface area contributed by atoms with Crippen molar-refractivity contribution in [1.82, 2.24) is 4.90 Å². The molecule has 4 aromatic rings. The summed E-state index contributed by atoms with van der Waals surface area (Å²) in [6.07, 6.45) is -3.23. The van der Waals surface area contributed by atoms with E-state index < -0.39 is 32.8 Å². The van der Waals surface area contributed by atoms with Crippen molar-refractivity contribution >= 4 is 21.8 Å². The predicted octanol–water partition coefficient (Wildman–Crippen LogP) is 6.32. The van der Waals surface area contributed by atoms with Crippen molar-refractivity contribution in [2.45, 2.75) is 24.2 Å². The Kier molecular flexibility index (Phi) is 8.77. The van der Waals surface area contributed by atoms with Gasteiger partial charge in [-0.1, -0.05) is 18.2 Å². The van der Waals surface area contributed by atoms with Gasteiger partial charge in [0.25, 0.3) is 0 Å². The van der Waals surface area contributed by atoms with E-state index in [9.17, 15) is 26.4 Å². The lowest BCUT2D eigenvalue weighted by atomic mass is 10.2. The van der Waals surface area contributed by atoms with Crippen molar-refractivity contribution in [3.8, 4) is 17.2 Å². The monoisotopic (exact) mass is 590 g/mol. The number of halogens is 3. The van der Waals surface area contributed by atoms with E-state index in [-0.39, 0.29) is 18.8 Å². The zero-order valence-electron chi connectivity index (χ0n) is 21.8. The standard InChI is InChI=1S/C28H25F3N2O7S/c1-37-22-12-13-25(26(16-22)38-2)32-27(34)33(18-23-6-4-14-39-23)17-19-8-10-21(11-9-19)40-41(35,36)24-7-3-5-20(15-24)28(29,30)31/h3-16H,17-18H2,1-2H3,(H,32,34). The highest BCUT2D eigenvalue weighted by molar-refractivity contribution is 7.87. The van der Waals surface area contributed by atoms with Crippen LogP contribution in [0.15, 0.2) is 94.4 Å². The molecule has 0 unspecified atom stereocenters. The van der Waals surface area contributed by atoms with E-state index in [1.807, 2.05) is 0 Å². The second-order valence-corrected chi connectivity index (χ2v) is 10.2. The van der Waals surface area contributed by atoms with Crippen LogP contribution >= 0.6 is 0 Å². The summed E-state index contributed by atoms with van der Waals surface area (Å²) in [5.74, 6) is 1.34. The highest BCUT2D eigenvalue weighted by atomic mass is 32.2. The molecule has 0 radical (unpaired) electrons. The summed E-state index contributed by atoms with van der Waals surface area (Å²) < 4.78 is 85.2. The zero-order valence-corrected chi connectivity index (χ0v) is 22.7. The summed E-state index contributed by atoms with van der Waals surface area (Å²) in [7, 11) is -1.56. The van der Waals surface area contributed by atoms with Crippen molar-refractivity contribution in [2.24, 2.45) is 0 Å². The van der Waals surface area contributed by atoms with E-state index in [0.29, 0.717) is 34.6 Å². The predicted molar refractivity (Wildman–Crippen MR) is 142 cm³/mol. The first kappa shape index (κ1) is 29.3. The molecule has 0 aliphatic rings. The summed E-state index contributed by atoms with van der Waals surface area (Å²) in [5.41, 5.74) is -0.0942. The molecule has 2 amide bonds. The van der Waals surface area contributed by atoms with Crippen LogP contribution in [-0.2, 0) is 29.4 Å². The second kappa shape index (κ2) is 12.3. The lowest BCUT2D eigenvalue weighted by Gasteiger charge is -2.23. The molecule has 13 heteroatoms. The van der Waals surface area contributed by atoms with Crippen LogP contribution in [0.5, 0.6) is 17.2 Å². The van der Waals surface area contributed by atoms with Gasteiger partial charge in [0, 0.05) is 12.6 Å². The summed E-state index contributed by atoms with van der Waals surface area (Å²) in [6, 6.07) is 16.9. The first-order valence-electron chi connectivity index (χ1n) is 12.0. The van der Waals surface area contributed by atoms with Gasteiger partial charge in [0.1, 0.15) is 27.9 Å². The van der Waals surface area contributed by atoms with E-state index in [1.54, 1.807) is 30.3 Å². The van der Waals surface area contributed by atoms with Crippen LogP contribution < -0.4 is 19.0 Å². The number of furan rings is 1. The van der Waals surface area contributed by atoms with Crippen molar-refractivity contribution in [2.75, 3.05) is 19.5 Å². The molecule has 0 aliphatic heterocycles. The molecule has 4 rings (SSSR count). The normalized spacial score (nSPS) is 11.5. The molecule has 216 valence electrons. The lowest BCUT2D eigenvalue weighted by Crippen LogP contribution is -2.34. The highest BCUT2D eigenvalue weighted by Gasteiger charge is 2.32. The van der Waals surface area contributed by atoms with Crippen molar-refractivity contribution < 1.29 is 44.5 Å². The van der Waals surface area contributed by atoms with Gasteiger partial charge in [0.05, 0.1) is 38.3 Å². The fourth-order valence-corrected chi connectivity index (χ4v) is 4.74. The van der Waals surface area contributed by atoms with Gasteiger partial charge >= 0.3 is 22.3 Å². The molecule has 0 aliphatic carbocycles. The van der Waals surface area contributed by atoms with Crippen LogP contribution in [0.25, 0.3) is 0 Å².